The van der Waals surface area contributed by atoms with Gasteiger partial charge in [-0.2, -0.15) is 0 Å². The molecule has 0 atom stereocenters. The molecule has 0 aliphatic carbocycles. The van der Waals surface area contributed by atoms with E-state index in [9.17, 15) is 4.79 Å². The average molecular weight is 183 g/mol. The number of nitrogens with two attached hydrogens (primary N) is 2. The highest BCUT2D eigenvalue weighted by atomic mass is 16.1. The Bertz CT molecular complexity index is 341. The van der Waals surface area contributed by atoms with Crippen LogP contribution in [0.2, 0.25) is 0 Å². The van der Waals surface area contributed by atoms with Gasteiger partial charge in [0.25, 0.3) is 5.91 Å². The summed E-state index contributed by atoms with van der Waals surface area (Å²) in [7, 11) is 3.60. The van der Waals surface area contributed by atoms with Crippen LogP contribution in [0.25, 0.3) is 0 Å². The lowest BCUT2D eigenvalue weighted by molar-refractivity contribution is 0.0997. The second-order valence-electron chi connectivity index (χ2n) is 2.92. The third-order valence-electron chi connectivity index (χ3n) is 1.68. The summed E-state index contributed by atoms with van der Waals surface area (Å²) >= 11 is 0. The predicted octanol–water partition coefficient (Wildman–Crippen LogP) is -0.930. The Morgan fingerprint density at radius 2 is 2.08 bits per heavy atom. The summed E-state index contributed by atoms with van der Waals surface area (Å²) in [4.78, 5) is 14.8. The van der Waals surface area contributed by atoms with Crippen molar-refractivity contribution in [2.45, 2.75) is 6.92 Å². The van der Waals surface area contributed by atoms with Gasteiger partial charge in [0.15, 0.2) is 11.5 Å². The van der Waals surface area contributed by atoms with Gasteiger partial charge in [0.1, 0.15) is 5.82 Å². The second kappa shape index (κ2) is 2.96. The van der Waals surface area contributed by atoms with E-state index in [0.717, 1.165) is 0 Å². The molecule has 0 aliphatic heterocycles. The normalized spacial score (nSPS) is 10.1. The highest BCUT2D eigenvalue weighted by molar-refractivity contribution is 5.95. The van der Waals surface area contributed by atoms with Gasteiger partial charge in [-0.1, -0.05) is 0 Å². The summed E-state index contributed by atoms with van der Waals surface area (Å²) in [6.45, 7) is 1.75. The average Bonchev–Trinajstić information content (AvgIpc) is 2.26. The number of hydrogen-bond donors (Lipinski definition) is 2. The third kappa shape index (κ3) is 1.42. The van der Waals surface area contributed by atoms with Crippen molar-refractivity contribution in [3.63, 3.8) is 0 Å². The van der Waals surface area contributed by atoms with Gasteiger partial charge in [-0.15, -0.1) is 0 Å². The molecular weight excluding hydrogens is 170 g/mol. The molecule has 0 spiro atoms. The minimum atomic E-state index is -0.610. The summed E-state index contributed by atoms with van der Waals surface area (Å²) in [5.41, 5.74) is 10.9. The molecule has 1 heterocycles. The van der Waals surface area contributed by atoms with Crippen molar-refractivity contribution in [3.05, 3.63) is 11.5 Å². The van der Waals surface area contributed by atoms with Gasteiger partial charge >= 0.3 is 0 Å². The fraction of sp³-hybridized carbons (Fsp3) is 0.429. The van der Waals surface area contributed by atoms with Crippen molar-refractivity contribution < 1.29 is 4.79 Å². The van der Waals surface area contributed by atoms with Crippen LogP contribution in [0.3, 0.4) is 0 Å². The molecule has 0 saturated heterocycles. The molecule has 0 saturated carbocycles. The van der Waals surface area contributed by atoms with Crippen LogP contribution in [0, 0.1) is 6.92 Å². The molecule has 1 amide bonds. The van der Waals surface area contributed by atoms with E-state index in [-0.39, 0.29) is 11.5 Å². The van der Waals surface area contributed by atoms with Crippen LogP contribution < -0.4 is 16.5 Å². The zero-order valence-corrected chi connectivity index (χ0v) is 7.90. The zero-order chi connectivity index (χ0) is 10.2. The first-order valence-electron chi connectivity index (χ1n) is 3.77. The molecule has 0 bridgehead atoms. The number of primary amides is 1. The fourth-order valence-corrected chi connectivity index (χ4v) is 1.23. The maximum atomic E-state index is 10.9. The number of carbonyl (C=O) groups is 1. The fourth-order valence-electron chi connectivity index (χ4n) is 1.23. The van der Waals surface area contributed by atoms with Gasteiger partial charge in [-0.25, -0.2) is 9.66 Å². The second-order valence-corrected chi connectivity index (χ2v) is 2.92. The first kappa shape index (κ1) is 9.37. The number of aryl methyl sites for hydroxylation is 1. The number of rotatable bonds is 2. The molecule has 0 radical (unpaired) electrons. The molecule has 1 rings (SSSR count). The van der Waals surface area contributed by atoms with E-state index in [1.807, 2.05) is 0 Å². The molecule has 1 aromatic rings. The van der Waals surface area contributed by atoms with Crippen molar-refractivity contribution in [2.24, 2.45) is 5.73 Å². The van der Waals surface area contributed by atoms with Gasteiger partial charge in [0.05, 0.1) is 0 Å². The lowest BCUT2D eigenvalue weighted by Crippen LogP contribution is -2.27. The predicted molar refractivity (Wildman–Crippen MR) is 50.0 cm³/mol. The molecule has 0 unspecified atom stereocenters. The molecule has 13 heavy (non-hydrogen) atoms. The standard InChI is InChI=1S/C7H13N5O/c1-4-10-5(7(9)13)6(8)12(4)11(2)3/h8H2,1-3H3,(H2,9,13). The van der Waals surface area contributed by atoms with Gasteiger partial charge in [0.2, 0.25) is 0 Å². The van der Waals surface area contributed by atoms with Crippen molar-refractivity contribution in [3.8, 4) is 0 Å². The molecule has 72 valence electrons. The largest absolute Gasteiger partial charge is 0.382 e. The van der Waals surface area contributed by atoms with Crippen LogP contribution in [0.1, 0.15) is 16.3 Å². The van der Waals surface area contributed by atoms with Gasteiger partial charge in [0, 0.05) is 14.1 Å². The molecule has 6 heteroatoms. The molecule has 6 nitrogen and oxygen atoms in total. The number of nitrogens with zero attached hydrogens (tertiary/aromatic N) is 3. The number of carbonyl (C=O) groups excluding carboxylic acids is 1. The molecule has 0 aliphatic rings. The molecular formula is C7H13N5O. The third-order valence-corrected chi connectivity index (χ3v) is 1.68. The maximum absolute atomic E-state index is 10.9. The van der Waals surface area contributed by atoms with Crippen LogP contribution in [-0.4, -0.2) is 29.7 Å². The van der Waals surface area contributed by atoms with Crippen LogP contribution in [-0.2, 0) is 0 Å². The summed E-state index contributed by atoms with van der Waals surface area (Å²) in [6.07, 6.45) is 0. The van der Waals surface area contributed by atoms with Crippen LogP contribution in [0.5, 0.6) is 0 Å². The Morgan fingerprint density at radius 3 is 2.31 bits per heavy atom. The summed E-state index contributed by atoms with van der Waals surface area (Å²) in [6, 6.07) is 0. The van der Waals surface area contributed by atoms with Crippen LogP contribution in [0.15, 0.2) is 0 Å². The van der Waals surface area contributed by atoms with E-state index in [1.165, 1.54) is 0 Å². The van der Waals surface area contributed by atoms with E-state index < -0.39 is 5.91 Å². The van der Waals surface area contributed by atoms with Crippen LogP contribution in [0.4, 0.5) is 5.82 Å². The minimum Gasteiger partial charge on any atom is -0.382 e. The minimum absolute atomic E-state index is 0.117. The number of aromatic nitrogens is 2. The Hall–Kier alpha value is -1.72. The highest BCUT2D eigenvalue weighted by Gasteiger charge is 2.16. The molecule has 4 N–H and O–H groups in total. The number of nitrogen functional groups attached to an aromatic ring is 1. The molecule has 0 aromatic carbocycles. The maximum Gasteiger partial charge on any atom is 0.271 e. The zero-order valence-electron chi connectivity index (χ0n) is 7.90. The SMILES string of the molecule is Cc1nc(C(N)=O)c(N)n1N(C)C. The first-order valence-corrected chi connectivity index (χ1v) is 3.77. The van der Waals surface area contributed by atoms with E-state index in [1.54, 1.807) is 30.7 Å². The van der Waals surface area contributed by atoms with Crippen molar-refractivity contribution in [1.82, 2.24) is 9.66 Å². The number of imidazole rings is 1. The van der Waals surface area contributed by atoms with E-state index in [2.05, 4.69) is 4.98 Å². The van der Waals surface area contributed by atoms with E-state index in [4.69, 9.17) is 11.5 Å². The molecule has 1 aromatic heterocycles. The van der Waals surface area contributed by atoms with Gasteiger partial charge in [-0.05, 0) is 6.92 Å². The monoisotopic (exact) mass is 183 g/mol. The summed E-state index contributed by atoms with van der Waals surface area (Å²) in [5, 5.41) is 1.73. The molecule has 0 fully saturated rings. The summed E-state index contributed by atoms with van der Waals surface area (Å²) < 4.78 is 1.61. The number of anilines is 1. The van der Waals surface area contributed by atoms with Gasteiger partial charge in [-0.3, -0.25) is 4.79 Å². The number of amides is 1. The van der Waals surface area contributed by atoms with Crippen molar-refractivity contribution in [1.29, 1.82) is 0 Å². The Kier molecular flexibility index (Phi) is 2.14. The van der Waals surface area contributed by atoms with Crippen molar-refractivity contribution in [2.75, 3.05) is 24.8 Å². The highest BCUT2D eigenvalue weighted by Crippen LogP contribution is 2.12. The smallest absolute Gasteiger partial charge is 0.271 e. The van der Waals surface area contributed by atoms with E-state index in [0.29, 0.717) is 5.82 Å². The topological polar surface area (TPSA) is 90.2 Å². The lowest BCUT2D eigenvalue weighted by Gasteiger charge is -2.16. The van der Waals surface area contributed by atoms with Crippen molar-refractivity contribution >= 4 is 11.7 Å². The Morgan fingerprint density at radius 1 is 1.54 bits per heavy atom. The Balaban J connectivity index is 3.30. The Labute approximate surface area is 76.1 Å². The first-order chi connectivity index (χ1) is 5.95. The lowest BCUT2D eigenvalue weighted by atomic mass is 10.4. The van der Waals surface area contributed by atoms with Crippen LogP contribution >= 0.6 is 0 Å². The quantitative estimate of drug-likeness (QED) is 0.619. The van der Waals surface area contributed by atoms with E-state index >= 15 is 0 Å². The van der Waals surface area contributed by atoms with Gasteiger partial charge < -0.3 is 16.5 Å². The number of hydrogen-bond acceptors (Lipinski definition) is 4. The summed E-state index contributed by atoms with van der Waals surface area (Å²) in [5.74, 6) is 0.299.